The topological polar surface area (TPSA) is 55.4 Å². The second-order valence-electron chi connectivity index (χ2n) is 8.80. The number of ether oxygens (including phenoxy) is 1. The lowest BCUT2D eigenvalue weighted by molar-refractivity contribution is -0.155. The quantitative estimate of drug-likeness (QED) is 0.792. The van der Waals surface area contributed by atoms with E-state index in [0.29, 0.717) is 12.5 Å². The van der Waals surface area contributed by atoms with E-state index in [2.05, 4.69) is 5.32 Å². The van der Waals surface area contributed by atoms with Crippen LogP contribution in [0.5, 0.6) is 0 Å². The first-order valence-electron chi connectivity index (χ1n) is 9.55. The smallest absolute Gasteiger partial charge is 0.306 e. The fourth-order valence-corrected chi connectivity index (χ4v) is 6.35. The first-order chi connectivity index (χ1) is 11.1. The van der Waals surface area contributed by atoms with E-state index in [0.717, 1.165) is 30.6 Å². The van der Waals surface area contributed by atoms with Gasteiger partial charge in [-0.3, -0.25) is 9.59 Å². The summed E-state index contributed by atoms with van der Waals surface area (Å²) in [6.45, 7) is -0.0955. The zero-order valence-electron chi connectivity index (χ0n) is 14.0. The van der Waals surface area contributed by atoms with Crippen molar-refractivity contribution < 1.29 is 14.3 Å². The summed E-state index contributed by atoms with van der Waals surface area (Å²) in [6, 6.07) is 0.296. The average Bonchev–Trinajstić information content (AvgIpc) is 2.96. The van der Waals surface area contributed by atoms with Gasteiger partial charge in [0.2, 0.25) is 0 Å². The van der Waals surface area contributed by atoms with E-state index in [1.165, 1.54) is 51.4 Å². The van der Waals surface area contributed by atoms with E-state index in [1.807, 2.05) is 0 Å². The molecule has 1 amide bonds. The Hall–Kier alpha value is -1.06. The highest BCUT2D eigenvalue weighted by Gasteiger charge is 2.51. The second-order valence-corrected chi connectivity index (χ2v) is 8.80. The molecule has 23 heavy (non-hydrogen) atoms. The van der Waals surface area contributed by atoms with Crippen LogP contribution in [0.2, 0.25) is 0 Å². The highest BCUT2D eigenvalue weighted by atomic mass is 16.5. The maximum atomic E-state index is 12.3. The highest BCUT2D eigenvalue weighted by Crippen LogP contribution is 2.61. The van der Waals surface area contributed by atoms with Crippen molar-refractivity contribution in [2.75, 3.05) is 6.61 Å². The third-order valence-electron chi connectivity index (χ3n) is 6.77. The number of nitrogens with one attached hydrogen (secondary N) is 1. The molecule has 5 saturated carbocycles. The Morgan fingerprint density at radius 3 is 2.09 bits per heavy atom. The van der Waals surface area contributed by atoms with Crippen LogP contribution in [-0.2, 0) is 14.3 Å². The number of carbonyl (C=O) groups is 2. The first-order valence-corrected chi connectivity index (χ1v) is 9.55. The van der Waals surface area contributed by atoms with Crippen LogP contribution in [0.1, 0.15) is 70.6 Å². The van der Waals surface area contributed by atoms with E-state index in [9.17, 15) is 9.59 Å². The summed E-state index contributed by atoms with van der Waals surface area (Å²) in [4.78, 5) is 24.1. The minimum Gasteiger partial charge on any atom is -0.456 e. The summed E-state index contributed by atoms with van der Waals surface area (Å²) >= 11 is 0. The Balaban J connectivity index is 1.24. The van der Waals surface area contributed by atoms with Gasteiger partial charge in [-0.2, -0.15) is 0 Å². The summed E-state index contributed by atoms with van der Waals surface area (Å²) in [6.07, 6.45) is 12.8. The van der Waals surface area contributed by atoms with E-state index >= 15 is 0 Å². The molecule has 0 radical (unpaired) electrons. The standard InChI is InChI=1S/C19H29NO3/c21-17(20-16-3-1-2-4-16)12-23-18(22)11-19-8-13-5-14(9-19)7-15(6-13)10-19/h13-16H,1-12H2,(H,20,21). The van der Waals surface area contributed by atoms with Gasteiger partial charge < -0.3 is 10.1 Å². The van der Waals surface area contributed by atoms with Crippen LogP contribution in [0.25, 0.3) is 0 Å². The molecule has 4 nitrogen and oxygen atoms in total. The van der Waals surface area contributed by atoms with Crippen molar-refractivity contribution in [2.45, 2.75) is 76.7 Å². The SMILES string of the molecule is O=C(COC(=O)CC12CC3CC(CC(C3)C1)C2)NC1CCCC1. The van der Waals surface area contributed by atoms with Gasteiger partial charge in [-0.1, -0.05) is 12.8 Å². The van der Waals surface area contributed by atoms with Crippen LogP contribution in [0.4, 0.5) is 0 Å². The van der Waals surface area contributed by atoms with Gasteiger partial charge in [-0.05, 0) is 74.5 Å². The van der Waals surface area contributed by atoms with Gasteiger partial charge in [-0.25, -0.2) is 0 Å². The van der Waals surface area contributed by atoms with Gasteiger partial charge in [0.1, 0.15) is 0 Å². The molecule has 5 aliphatic carbocycles. The van der Waals surface area contributed by atoms with Crippen molar-refractivity contribution in [1.82, 2.24) is 5.32 Å². The monoisotopic (exact) mass is 319 g/mol. The van der Waals surface area contributed by atoms with E-state index < -0.39 is 0 Å². The minimum atomic E-state index is -0.159. The first kappa shape index (κ1) is 15.5. The minimum absolute atomic E-state index is 0.0955. The second kappa shape index (κ2) is 6.10. The van der Waals surface area contributed by atoms with Gasteiger partial charge in [0, 0.05) is 6.04 Å². The van der Waals surface area contributed by atoms with Crippen LogP contribution >= 0.6 is 0 Å². The van der Waals surface area contributed by atoms with Gasteiger partial charge in [0.05, 0.1) is 6.42 Å². The zero-order valence-corrected chi connectivity index (χ0v) is 14.0. The molecule has 0 unspecified atom stereocenters. The molecule has 0 spiro atoms. The largest absolute Gasteiger partial charge is 0.456 e. The number of hydrogen-bond donors (Lipinski definition) is 1. The van der Waals surface area contributed by atoms with Gasteiger partial charge in [0.15, 0.2) is 6.61 Å². The van der Waals surface area contributed by atoms with Crippen LogP contribution < -0.4 is 5.32 Å². The molecule has 0 aromatic heterocycles. The molecule has 0 heterocycles. The van der Waals surface area contributed by atoms with Gasteiger partial charge >= 0.3 is 5.97 Å². The fourth-order valence-electron chi connectivity index (χ4n) is 6.35. The number of rotatable bonds is 5. The zero-order chi connectivity index (χ0) is 15.9. The van der Waals surface area contributed by atoms with Crippen LogP contribution in [0.3, 0.4) is 0 Å². The van der Waals surface area contributed by atoms with Crippen LogP contribution in [-0.4, -0.2) is 24.5 Å². The molecule has 0 aliphatic heterocycles. The van der Waals surface area contributed by atoms with Gasteiger partial charge in [0.25, 0.3) is 5.91 Å². The molecular formula is C19H29NO3. The van der Waals surface area contributed by atoms with E-state index in [-0.39, 0.29) is 23.9 Å². The molecule has 0 saturated heterocycles. The summed E-state index contributed by atoms with van der Waals surface area (Å²) in [5.74, 6) is 2.25. The highest BCUT2D eigenvalue weighted by molar-refractivity contribution is 5.80. The molecule has 0 atom stereocenters. The fraction of sp³-hybridized carbons (Fsp3) is 0.895. The molecule has 4 bridgehead atoms. The Kier molecular flexibility index (Phi) is 4.10. The molecule has 1 N–H and O–H groups in total. The molecular weight excluding hydrogens is 290 g/mol. The van der Waals surface area contributed by atoms with E-state index in [1.54, 1.807) is 0 Å². The molecule has 5 fully saturated rings. The molecule has 5 rings (SSSR count). The normalized spacial score (nSPS) is 38.7. The number of esters is 1. The summed E-state index contributed by atoms with van der Waals surface area (Å²) in [7, 11) is 0. The Labute approximate surface area is 138 Å². The third-order valence-corrected chi connectivity index (χ3v) is 6.77. The number of carbonyl (C=O) groups excluding carboxylic acids is 2. The third kappa shape index (κ3) is 3.41. The lowest BCUT2D eigenvalue weighted by Gasteiger charge is -2.56. The van der Waals surface area contributed by atoms with E-state index in [4.69, 9.17) is 4.74 Å². The van der Waals surface area contributed by atoms with Gasteiger partial charge in [-0.15, -0.1) is 0 Å². The molecule has 5 aliphatic rings. The van der Waals surface area contributed by atoms with Crippen molar-refractivity contribution in [2.24, 2.45) is 23.2 Å². The summed E-state index contributed by atoms with van der Waals surface area (Å²) in [5, 5.41) is 2.98. The predicted molar refractivity (Wildman–Crippen MR) is 86.6 cm³/mol. The van der Waals surface area contributed by atoms with Crippen LogP contribution in [0.15, 0.2) is 0 Å². The Morgan fingerprint density at radius 2 is 1.52 bits per heavy atom. The molecule has 4 heteroatoms. The Morgan fingerprint density at radius 1 is 0.957 bits per heavy atom. The van der Waals surface area contributed by atoms with Crippen LogP contribution in [0, 0.1) is 23.2 Å². The summed E-state index contributed by atoms with van der Waals surface area (Å²) in [5.41, 5.74) is 0.202. The number of amides is 1. The summed E-state index contributed by atoms with van der Waals surface area (Å²) < 4.78 is 5.30. The average molecular weight is 319 g/mol. The van der Waals surface area contributed by atoms with Crippen molar-refractivity contribution in [1.29, 1.82) is 0 Å². The maximum Gasteiger partial charge on any atom is 0.306 e. The van der Waals surface area contributed by atoms with Crippen molar-refractivity contribution in [3.8, 4) is 0 Å². The molecule has 128 valence electrons. The molecule has 0 aromatic carbocycles. The lowest BCUT2D eigenvalue weighted by atomic mass is 9.49. The van der Waals surface area contributed by atoms with Crippen molar-refractivity contribution in [3.63, 3.8) is 0 Å². The maximum absolute atomic E-state index is 12.3. The van der Waals surface area contributed by atoms with Crippen molar-refractivity contribution >= 4 is 11.9 Å². The Bertz CT molecular complexity index is 446. The predicted octanol–water partition coefficient (Wildman–Crippen LogP) is 3.19. The van der Waals surface area contributed by atoms with Crippen molar-refractivity contribution in [3.05, 3.63) is 0 Å². The number of hydrogen-bond acceptors (Lipinski definition) is 3. The molecule has 0 aromatic rings. The lowest BCUT2D eigenvalue weighted by Crippen LogP contribution is -2.47.